The first-order valence-electron chi connectivity index (χ1n) is 5.68. The molecule has 0 unspecified atom stereocenters. The molecule has 2 nitrogen and oxygen atoms in total. The minimum absolute atomic E-state index is 0.242. The second-order valence-electron chi connectivity index (χ2n) is 4.37. The van der Waals surface area contributed by atoms with Gasteiger partial charge >= 0.3 is 0 Å². The van der Waals surface area contributed by atoms with Crippen LogP contribution in [-0.4, -0.2) is 5.11 Å². The van der Waals surface area contributed by atoms with Gasteiger partial charge in [-0.3, -0.25) is 0 Å². The Hall–Kier alpha value is -1.70. The summed E-state index contributed by atoms with van der Waals surface area (Å²) in [6, 6.07) is 5.33. The number of benzene rings is 1. The van der Waals surface area contributed by atoms with Crippen LogP contribution >= 0.6 is 0 Å². The molecule has 1 aromatic carbocycles. The molecule has 0 aromatic heterocycles. The van der Waals surface area contributed by atoms with Crippen molar-refractivity contribution in [1.29, 1.82) is 0 Å². The summed E-state index contributed by atoms with van der Waals surface area (Å²) in [5.41, 5.74) is 3.75. The Morgan fingerprint density at radius 3 is 2.69 bits per heavy atom. The third-order valence-electron chi connectivity index (χ3n) is 3.33. The number of aromatic hydroxyl groups is 1. The van der Waals surface area contributed by atoms with E-state index >= 15 is 0 Å². The van der Waals surface area contributed by atoms with Gasteiger partial charge in [-0.05, 0) is 49.0 Å². The van der Waals surface area contributed by atoms with Crippen molar-refractivity contribution in [2.24, 2.45) is 0 Å². The Balaban J connectivity index is 2.19. The average molecular weight is 214 g/mol. The standard InChI is InChI=1S/C14H14O2/c1-9-11-4-2-3-5-12(11)13-7-6-10(15)8-14(13)16-9/h6-8,15H,1-5H2. The van der Waals surface area contributed by atoms with Gasteiger partial charge in [-0.1, -0.05) is 6.58 Å². The Labute approximate surface area is 94.9 Å². The Bertz CT molecular complexity index is 497. The highest BCUT2D eigenvalue weighted by atomic mass is 16.5. The molecule has 0 amide bonds. The molecule has 1 aromatic rings. The number of ether oxygens (including phenoxy) is 1. The molecule has 3 rings (SSSR count). The van der Waals surface area contributed by atoms with Crippen LogP contribution in [0.1, 0.15) is 31.2 Å². The van der Waals surface area contributed by atoms with E-state index in [2.05, 4.69) is 6.58 Å². The third-order valence-corrected chi connectivity index (χ3v) is 3.33. The van der Waals surface area contributed by atoms with Gasteiger partial charge in [0.05, 0.1) is 0 Å². The fourth-order valence-electron chi connectivity index (χ4n) is 2.55. The first-order valence-corrected chi connectivity index (χ1v) is 5.68. The van der Waals surface area contributed by atoms with Crippen molar-refractivity contribution in [2.45, 2.75) is 25.7 Å². The van der Waals surface area contributed by atoms with E-state index in [1.54, 1.807) is 12.1 Å². The van der Waals surface area contributed by atoms with Crippen LogP contribution in [0, 0.1) is 0 Å². The van der Waals surface area contributed by atoms with E-state index in [-0.39, 0.29) is 5.75 Å². The Morgan fingerprint density at radius 1 is 1.12 bits per heavy atom. The first kappa shape index (κ1) is 9.52. The molecule has 82 valence electrons. The predicted molar refractivity (Wildman–Crippen MR) is 63.3 cm³/mol. The number of rotatable bonds is 0. The molecule has 0 atom stereocenters. The number of phenolic OH excluding ortho intramolecular Hbond substituents is 1. The predicted octanol–water partition coefficient (Wildman–Crippen LogP) is 3.63. The van der Waals surface area contributed by atoms with Gasteiger partial charge < -0.3 is 9.84 Å². The van der Waals surface area contributed by atoms with E-state index in [0.717, 1.165) is 29.9 Å². The van der Waals surface area contributed by atoms with Gasteiger partial charge in [-0.25, -0.2) is 0 Å². The van der Waals surface area contributed by atoms with Gasteiger partial charge in [-0.2, -0.15) is 0 Å². The number of phenols is 1. The second-order valence-corrected chi connectivity index (χ2v) is 4.37. The summed E-state index contributed by atoms with van der Waals surface area (Å²) in [7, 11) is 0. The maximum absolute atomic E-state index is 9.44. The molecule has 1 aliphatic heterocycles. The summed E-state index contributed by atoms with van der Waals surface area (Å²) in [5.74, 6) is 1.74. The van der Waals surface area contributed by atoms with Crippen LogP contribution in [0.3, 0.4) is 0 Å². The number of hydrogen-bond donors (Lipinski definition) is 1. The van der Waals surface area contributed by atoms with E-state index in [1.807, 2.05) is 6.07 Å². The number of hydrogen-bond acceptors (Lipinski definition) is 2. The first-order chi connectivity index (χ1) is 7.75. The number of fused-ring (bicyclic) bond motifs is 2. The van der Waals surface area contributed by atoms with Crippen LogP contribution in [0.4, 0.5) is 0 Å². The van der Waals surface area contributed by atoms with Crippen molar-refractivity contribution in [3.05, 3.63) is 41.7 Å². The quantitative estimate of drug-likeness (QED) is 0.714. The molecule has 0 saturated carbocycles. The van der Waals surface area contributed by atoms with Crippen LogP contribution in [0.5, 0.6) is 11.5 Å². The van der Waals surface area contributed by atoms with Crippen molar-refractivity contribution in [2.75, 3.05) is 0 Å². The second kappa shape index (κ2) is 3.41. The van der Waals surface area contributed by atoms with Gasteiger partial charge in [-0.15, -0.1) is 0 Å². The van der Waals surface area contributed by atoms with Gasteiger partial charge in [0.25, 0.3) is 0 Å². The maximum atomic E-state index is 9.44. The van der Waals surface area contributed by atoms with Gasteiger partial charge in [0.1, 0.15) is 17.3 Å². The van der Waals surface area contributed by atoms with Crippen LogP contribution in [-0.2, 0) is 0 Å². The number of allylic oxidation sites excluding steroid dienone is 2. The zero-order valence-corrected chi connectivity index (χ0v) is 9.12. The molecule has 0 radical (unpaired) electrons. The summed E-state index contributed by atoms with van der Waals surface area (Å²) in [6.45, 7) is 3.97. The summed E-state index contributed by atoms with van der Waals surface area (Å²) in [5, 5.41) is 9.44. The normalized spacial score (nSPS) is 18.9. The van der Waals surface area contributed by atoms with E-state index in [9.17, 15) is 5.11 Å². The molecule has 0 fully saturated rings. The molecule has 0 spiro atoms. The summed E-state index contributed by atoms with van der Waals surface area (Å²) >= 11 is 0. The highest BCUT2D eigenvalue weighted by molar-refractivity contribution is 5.79. The van der Waals surface area contributed by atoms with Gasteiger partial charge in [0, 0.05) is 11.6 Å². The topological polar surface area (TPSA) is 29.5 Å². The van der Waals surface area contributed by atoms with Crippen molar-refractivity contribution in [3.63, 3.8) is 0 Å². The van der Waals surface area contributed by atoms with Crippen LogP contribution in [0.15, 0.2) is 36.1 Å². The molecule has 2 aliphatic rings. The van der Waals surface area contributed by atoms with E-state index in [4.69, 9.17) is 4.74 Å². The molecule has 1 aliphatic carbocycles. The maximum Gasteiger partial charge on any atom is 0.138 e. The molecule has 0 bridgehead atoms. The summed E-state index contributed by atoms with van der Waals surface area (Å²) < 4.78 is 5.67. The molecule has 1 heterocycles. The van der Waals surface area contributed by atoms with Crippen molar-refractivity contribution in [3.8, 4) is 11.5 Å². The lowest BCUT2D eigenvalue weighted by Crippen LogP contribution is -2.11. The summed E-state index contributed by atoms with van der Waals surface area (Å²) in [4.78, 5) is 0. The van der Waals surface area contributed by atoms with E-state index in [0.29, 0.717) is 0 Å². The van der Waals surface area contributed by atoms with Crippen LogP contribution < -0.4 is 4.74 Å². The Morgan fingerprint density at radius 2 is 1.88 bits per heavy atom. The van der Waals surface area contributed by atoms with Gasteiger partial charge in [0.2, 0.25) is 0 Å². The van der Waals surface area contributed by atoms with Crippen molar-refractivity contribution in [1.82, 2.24) is 0 Å². The fraction of sp³-hybridized carbons (Fsp3) is 0.286. The van der Waals surface area contributed by atoms with Gasteiger partial charge in [0.15, 0.2) is 0 Å². The lowest BCUT2D eigenvalue weighted by atomic mass is 9.85. The van der Waals surface area contributed by atoms with Crippen molar-refractivity contribution >= 4 is 5.57 Å². The average Bonchev–Trinajstić information content (AvgIpc) is 2.29. The molecular formula is C14H14O2. The van der Waals surface area contributed by atoms with Crippen LogP contribution in [0.2, 0.25) is 0 Å². The fourth-order valence-corrected chi connectivity index (χ4v) is 2.55. The molecular weight excluding hydrogens is 200 g/mol. The molecule has 1 N–H and O–H groups in total. The van der Waals surface area contributed by atoms with E-state index < -0.39 is 0 Å². The molecule has 0 saturated heterocycles. The smallest absolute Gasteiger partial charge is 0.138 e. The lowest BCUT2D eigenvalue weighted by Gasteiger charge is -2.28. The zero-order valence-electron chi connectivity index (χ0n) is 9.12. The minimum Gasteiger partial charge on any atom is -0.508 e. The largest absolute Gasteiger partial charge is 0.508 e. The zero-order chi connectivity index (χ0) is 11.1. The molecule has 16 heavy (non-hydrogen) atoms. The monoisotopic (exact) mass is 214 g/mol. The van der Waals surface area contributed by atoms with E-state index in [1.165, 1.54) is 24.0 Å². The van der Waals surface area contributed by atoms with Crippen LogP contribution in [0.25, 0.3) is 5.57 Å². The minimum atomic E-state index is 0.242. The third kappa shape index (κ3) is 1.33. The molecule has 2 heteroatoms. The highest BCUT2D eigenvalue weighted by Crippen LogP contribution is 2.44. The highest BCUT2D eigenvalue weighted by Gasteiger charge is 2.25. The summed E-state index contributed by atoms with van der Waals surface area (Å²) in [6.07, 6.45) is 4.60. The Kier molecular flexibility index (Phi) is 2.03. The SMILES string of the molecule is C=C1Oc2cc(O)ccc2C2=C1CCCC2. The lowest BCUT2D eigenvalue weighted by molar-refractivity contribution is 0.413. The van der Waals surface area contributed by atoms with Crippen molar-refractivity contribution < 1.29 is 9.84 Å².